The Bertz CT molecular complexity index is 1490. The number of hydrogen-bond donors (Lipinski definition) is 0. The van der Waals surface area contributed by atoms with Crippen LogP contribution in [0, 0.1) is 0 Å². The molecule has 0 unspecified atom stereocenters. The molecule has 7 nitrogen and oxygen atoms in total. The highest BCUT2D eigenvalue weighted by atomic mass is 19.3. The summed E-state index contributed by atoms with van der Waals surface area (Å²) in [5, 5.41) is 0.692. The second-order valence-corrected chi connectivity index (χ2v) is 8.40. The topological polar surface area (TPSA) is 69.2 Å². The van der Waals surface area contributed by atoms with Crippen molar-refractivity contribution < 1.29 is 17.9 Å². The number of para-hydroxylation sites is 3. The fourth-order valence-electron chi connectivity index (χ4n) is 4.63. The van der Waals surface area contributed by atoms with Crippen LogP contribution in [-0.4, -0.2) is 38.2 Å². The summed E-state index contributed by atoms with van der Waals surface area (Å²) in [4.78, 5) is 14.9. The summed E-state index contributed by atoms with van der Waals surface area (Å²) in [5.41, 5.74) is 3.25. The number of fused-ring (bicyclic) bond motifs is 4. The number of aryl methyl sites for hydroxylation is 1. The molecular weight excluding hydrogens is 428 g/mol. The van der Waals surface area contributed by atoms with Gasteiger partial charge in [0.05, 0.1) is 17.6 Å². The van der Waals surface area contributed by atoms with E-state index in [1.54, 1.807) is 6.07 Å². The number of anilines is 1. The van der Waals surface area contributed by atoms with E-state index in [0.717, 1.165) is 11.0 Å². The van der Waals surface area contributed by atoms with Crippen molar-refractivity contribution in [2.24, 2.45) is 7.05 Å². The predicted octanol–water partition coefficient (Wildman–Crippen LogP) is 5.25. The van der Waals surface area contributed by atoms with E-state index in [0.29, 0.717) is 46.9 Å². The lowest BCUT2D eigenvalue weighted by Gasteiger charge is -2.22. The van der Waals surface area contributed by atoms with Crippen molar-refractivity contribution >= 4 is 38.9 Å². The highest BCUT2D eigenvalue weighted by molar-refractivity contribution is 6.05. The van der Waals surface area contributed by atoms with Gasteiger partial charge in [-0.1, -0.05) is 24.3 Å². The average Bonchev–Trinajstić information content (AvgIpc) is 3.47. The van der Waals surface area contributed by atoms with Gasteiger partial charge in [-0.25, -0.2) is 18.7 Å². The molecule has 0 saturated carbocycles. The first kappa shape index (κ1) is 19.9. The number of ether oxygens (including phenoxy) is 1. The summed E-state index contributed by atoms with van der Waals surface area (Å²) in [6.45, 7) is 2.49. The minimum absolute atomic E-state index is 0.00141. The normalized spacial score (nSPS) is 18.9. The zero-order valence-corrected chi connectivity index (χ0v) is 18.1. The highest BCUT2D eigenvalue weighted by Gasteiger charge is 2.35. The van der Waals surface area contributed by atoms with Gasteiger partial charge in [0, 0.05) is 24.9 Å². The van der Waals surface area contributed by atoms with Crippen LogP contribution >= 0.6 is 0 Å². The molecule has 1 saturated heterocycles. The van der Waals surface area contributed by atoms with Crippen molar-refractivity contribution in [3.8, 4) is 6.01 Å². The first-order chi connectivity index (χ1) is 16.0. The number of alkyl halides is 2. The highest BCUT2D eigenvalue weighted by Crippen LogP contribution is 2.37. The lowest BCUT2D eigenvalue weighted by Crippen LogP contribution is -2.30. The number of hydrogen-bond acceptors (Lipinski definition) is 6. The van der Waals surface area contributed by atoms with E-state index in [-0.39, 0.29) is 12.1 Å². The van der Waals surface area contributed by atoms with Crippen LogP contribution < -0.4 is 9.64 Å². The van der Waals surface area contributed by atoms with Crippen molar-refractivity contribution in [3.63, 3.8) is 0 Å². The maximum Gasteiger partial charge on any atom is 0.297 e. The van der Waals surface area contributed by atoms with Crippen LogP contribution in [0.4, 0.5) is 14.6 Å². The number of rotatable bonds is 4. The zero-order valence-electron chi connectivity index (χ0n) is 18.1. The molecule has 1 fully saturated rings. The molecule has 2 aromatic carbocycles. The lowest BCUT2D eigenvalue weighted by molar-refractivity contribution is 0.141. The number of aromatic nitrogens is 4. The van der Waals surface area contributed by atoms with Crippen LogP contribution in [0.25, 0.3) is 33.1 Å². The van der Waals surface area contributed by atoms with E-state index in [9.17, 15) is 8.78 Å². The first-order valence-electron chi connectivity index (χ1n) is 10.8. The molecule has 168 valence electrons. The van der Waals surface area contributed by atoms with E-state index in [1.807, 2.05) is 65.9 Å². The molecular formula is C24H21F2N5O2. The molecule has 0 N–H and O–H groups in total. The molecule has 0 aliphatic carbocycles. The van der Waals surface area contributed by atoms with E-state index in [2.05, 4.69) is 15.0 Å². The fraction of sp³-hybridized carbons (Fsp3) is 0.292. The third kappa shape index (κ3) is 3.18. The van der Waals surface area contributed by atoms with Crippen molar-refractivity contribution in [1.29, 1.82) is 0 Å². The van der Waals surface area contributed by atoms with Crippen LogP contribution in [0.5, 0.6) is 6.01 Å². The second kappa shape index (κ2) is 7.40. The maximum absolute atomic E-state index is 13.7. The molecule has 0 radical (unpaired) electrons. The van der Waals surface area contributed by atoms with Gasteiger partial charge in [0.1, 0.15) is 17.2 Å². The van der Waals surface area contributed by atoms with E-state index >= 15 is 0 Å². The first-order valence-corrected chi connectivity index (χ1v) is 10.8. The second-order valence-electron chi connectivity index (χ2n) is 8.40. The molecule has 1 aliphatic heterocycles. The van der Waals surface area contributed by atoms with Crippen LogP contribution in [-0.2, 0) is 7.05 Å². The van der Waals surface area contributed by atoms with Gasteiger partial charge in [0.15, 0.2) is 17.2 Å². The van der Waals surface area contributed by atoms with Crippen LogP contribution in [0.3, 0.4) is 0 Å². The number of imidazole rings is 1. The number of halogens is 2. The summed E-state index contributed by atoms with van der Waals surface area (Å²) < 4.78 is 41.5. The van der Waals surface area contributed by atoms with Crippen molar-refractivity contribution in [3.05, 3.63) is 54.4 Å². The molecule has 4 heterocycles. The third-order valence-corrected chi connectivity index (χ3v) is 6.24. The Hall–Kier alpha value is -3.75. The van der Waals surface area contributed by atoms with Gasteiger partial charge in [-0.3, -0.25) is 4.57 Å². The van der Waals surface area contributed by atoms with Crippen molar-refractivity contribution in [2.45, 2.75) is 31.9 Å². The summed E-state index contributed by atoms with van der Waals surface area (Å²) in [6.07, 6.45) is -2.27. The Balaban J connectivity index is 1.38. The zero-order chi connectivity index (χ0) is 22.7. The van der Waals surface area contributed by atoms with Crippen LogP contribution in [0.1, 0.15) is 25.6 Å². The average molecular weight is 449 g/mol. The summed E-state index contributed by atoms with van der Waals surface area (Å²) in [5.74, 6) is -0.133. The minimum atomic E-state index is -2.79. The molecule has 6 rings (SSSR count). The molecule has 5 aromatic rings. The number of nitrogens with zero attached hydrogens (tertiary/aromatic N) is 5. The molecule has 1 aliphatic rings. The molecule has 0 bridgehead atoms. The molecule has 33 heavy (non-hydrogen) atoms. The van der Waals surface area contributed by atoms with Crippen molar-refractivity contribution in [2.75, 3.05) is 11.4 Å². The Kier molecular flexibility index (Phi) is 4.46. The van der Waals surface area contributed by atoms with Gasteiger partial charge in [-0.05, 0) is 31.2 Å². The maximum atomic E-state index is 13.7. The van der Waals surface area contributed by atoms with Crippen LogP contribution in [0.15, 0.2) is 52.9 Å². The van der Waals surface area contributed by atoms with Crippen LogP contribution in [0.2, 0.25) is 0 Å². The third-order valence-electron chi connectivity index (χ3n) is 6.24. The fourth-order valence-corrected chi connectivity index (χ4v) is 4.63. The summed E-state index contributed by atoms with van der Waals surface area (Å²) >= 11 is 0. The Morgan fingerprint density at radius 1 is 1.06 bits per heavy atom. The standard InChI is InChI=1S/C24H21F2N5O2/c1-13-11-14(32-24-27-16-8-4-5-9-17(16)30(24)2)12-31(13)23-20-19(28-22(29-23)21(25)26)15-7-3-6-10-18(15)33-20/h3-10,13-14,21H,11-12H2,1-2H3/t13-,14+/m1/s1. The van der Waals surface area contributed by atoms with Gasteiger partial charge in [0.2, 0.25) is 0 Å². The van der Waals surface area contributed by atoms with Gasteiger partial charge >= 0.3 is 0 Å². The number of benzene rings is 2. The van der Waals surface area contributed by atoms with Gasteiger partial charge in [0.25, 0.3) is 12.4 Å². The molecule has 3 aromatic heterocycles. The SMILES string of the molecule is C[C@@H]1C[C@H](Oc2nc3ccccc3n2C)CN1c1nc(C(F)F)nc2c1oc1ccccc12. The molecule has 2 atom stereocenters. The summed E-state index contributed by atoms with van der Waals surface area (Å²) in [7, 11) is 1.91. The van der Waals surface area contributed by atoms with Crippen molar-refractivity contribution in [1.82, 2.24) is 19.5 Å². The smallest absolute Gasteiger partial charge is 0.297 e. The Labute approximate surface area is 187 Å². The van der Waals surface area contributed by atoms with Gasteiger partial charge in [-0.15, -0.1) is 0 Å². The van der Waals surface area contributed by atoms with E-state index < -0.39 is 12.2 Å². The molecule has 9 heteroatoms. The monoisotopic (exact) mass is 449 g/mol. The lowest BCUT2D eigenvalue weighted by atomic mass is 10.2. The largest absolute Gasteiger partial charge is 0.459 e. The minimum Gasteiger partial charge on any atom is -0.459 e. The Morgan fingerprint density at radius 2 is 1.85 bits per heavy atom. The van der Waals surface area contributed by atoms with Gasteiger partial charge < -0.3 is 14.1 Å². The molecule has 0 spiro atoms. The number of furan rings is 1. The van der Waals surface area contributed by atoms with E-state index in [1.165, 1.54) is 0 Å². The predicted molar refractivity (Wildman–Crippen MR) is 121 cm³/mol. The summed E-state index contributed by atoms with van der Waals surface area (Å²) in [6, 6.07) is 15.6. The Morgan fingerprint density at radius 3 is 2.67 bits per heavy atom. The van der Waals surface area contributed by atoms with Gasteiger partial charge in [-0.2, -0.15) is 4.98 Å². The van der Waals surface area contributed by atoms with E-state index in [4.69, 9.17) is 9.15 Å². The quantitative estimate of drug-likeness (QED) is 0.373. The molecule has 0 amide bonds.